The van der Waals surface area contributed by atoms with Crippen molar-refractivity contribution in [1.82, 2.24) is 14.1 Å². The molecule has 0 aliphatic carbocycles. The number of aromatic nitrogens is 2. The van der Waals surface area contributed by atoms with E-state index in [2.05, 4.69) is 5.10 Å². The first-order chi connectivity index (χ1) is 9.84. The molecule has 0 spiro atoms. The van der Waals surface area contributed by atoms with E-state index in [1.807, 2.05) is 0 Å². The molecule has 0 amide bonds. The van der Waals surface area contributed by atoms with Crippen LogP contribution in [0.3, 0.4) is 0 Å². The Hall–Kier alpha value is -1.44. The van der Waals surface area contributed by atoms with Crippen LogP contribution in [0.15, 0.2) is 35.5 Å². The van der Waals surface area contributed by atoms with Gasteiger partial charge in [0.25, 0.3) is 0 Å². The second-order valence-electron chi connectivity index (χ2n) is 4.68. The van der Waals surface area contributed by atoms with Gasteiger partial charge in [-0.1, -0.05) is 6.07 Å². The second-order valence-corrected chi connectivity index (χ2v) is 6.96. The van der Waals surface area contributed by atoms with Crippen molar-refractivity contribution < 1.29 is 12.8 Å². The number of hydrogen-bond acceptors (Lipinski definition) is 3. The molecule has 0 saturated heterocycles. The average Bonchev–Trinajstić information content (AvgIpc) is 2.84. The van der Waals surface area contributed by atoms with E-state index in [-0.39, 0.29) is 17.3 Å². The van der Waals surface area contributed by atoms with Crippen LogP contribution >= 0.6 is 11.6 Å². The van der Waals surface area contributed by atoms with Crippen LogP contribution in [0, 0.1) is 5.82 Å². The maximum absolute atomic E-state index is 13.8. The molecule has 0 aliphatic rings. The minimum atomic E-state index is -3.93. The number of benzene rings is 1. The summed E-state index contributed by atoms with van der Waals surface area (Å²) in [5.41, 5.74) is 1.27. The molecule has 5 nitrogen and oxygen atoms in total. The van der Waals surface area contributed by atoms with Crippen LogP contribution < -0.4 is 0 Å². The molecule has 2 aromatic rings. The molecular formula is C13H15ClFN3O2S. The Labute approximate surface area is 128 Å². The largest absolute Gasteiger partial charge is 0.275 e. The van der Waals surface area contributed by atoms with Gasteiger partial charge in [-0.05, 0) is 17.7 Å². The number of hydrogen-bond donors (Lipinski definition) is 0. The van der Waals surface area contributed by atoms with Crippen LogP contribution in [0.1, 0.15) is 11.1 Å². The van der Waals surface area contributed by atoms with E-state index in [0.29, 0.717) is 5.56 Å². The molecule has 0 bridgehead atoms. The number of nitrogens with zero attached hydrogens (tertiary/aromatic N) is 3. The van der Waals surface area contributed by atoms with Crippen LogP contribution in [0.4, 0.5) is 4.39 Å². The van der Waals surface area contributed by atoms with E-state index in [0.717, 1.165) is 15.9 Å². The fourth-order valence-electron chi connectivity index (χ4n) is 1.89. The summed E-state index contributed by atoms with van der Waals surface area (Å²) in [6, 6.07) is 3.84. The number of alkyl halides is 1. The molecular weight excluding hydrogens is 317 g/mol. The van der Waals surface area contributed by atoms with Gasteiger partial charge in [0.15, 0.2) is 0 Å². The summed E-state index contributed by atoms with van der Waals surface area (Å²) in [6.07, 6.45) is 3.27. The van der Waals surface area contributed by atoms with Gasteiger partial charge in [-0.3, -0.25) is 4.68 Å². The summed E-state index contributed by atoms with van der Waals surface area (Å²) in [7, 11) is -0.793. The average molecular weight is 332 g/mol. The van der Waals surface area contributed by atoms with Crippen molar-refractivity contribution in [2.75, 3.05) is 7.05 Å². The Bertz CT molecular complexity index is 746. The highest BCUT2D eigenvalue weighted by Gasteiger charge is 2.25. The molecule has 0 fully saturated rings. The standard InChI is InChI=1S/C13H15ClFN3O2S/c1-17-8-11(7-16-17)9-18(2)21(19,20)13-5-10(6-14)3-4-12(13)15/h3-5,7-8H,6,9H2,1-2H3. The van der Waals surface area contributed by atoms with Crippen LogP contribution in [0.5, 0.6) is 0 Å². The summed E-state index contributed by atoms with van der Waals surface area (Å²) >= 11 is 5.67. The van der Waals surface area contributed by atoms with Crippen LogP contribution in [-0.2, 0) is 29.5 Å². The Morgan fingerprint density at radius 2 is 2.10 bits per heavy atom. The zero-order valence-corrected chi connectivity index (χ0v) is 13.2. The van der Waals surface area contributed by atoms with Gasteiger partial charge in [-0.25, -0.2) is 12.8 Å². The maximum atomic E-state index is 13.8. The quantitative estimate of drug-likeness (QED) is 0.789. The first-order valence-electron chi connectivity index (χ1n) is 6.13. The summed E-state index contributed by atoms with van der Waals surface area (Å²) in [4.78, 5) is -0.368. The van der Waals surface area contributed by atoms with E-state index in [1.54, 1.807) is 24.1 Å². The van der Waals surface area contributed by atoms with Crippen molar-refractivity contribution in [3.63, 3.8) is 0 Å². The molecule has 0 N–H and O–H groups in total. The van der Waals surface area contributed by atoms with Crippen LogP contribution in [-0.4, -0.2) is 29.6 Å². The predicted octanol–water partition coefficient (Wildman–Crippen LogP) is 2.12. The van der Waals surface area contributed by atoms with Crippen molar-refractivity contribution in [3.8, 4) is 0 Å². The normalized spacial score (nSPS) is 12.0. The van der Waals surface area contributed by atoms with E-state index in [9.17, 15) is 12.8 Å². The van der Waals surface area contributed by atoms with Gasteiger partial charge in [0.05, 0.1) is 6.20 Å². The third kappa shape index (κ3) is 3.42. The zero-order chi connectivity index (χ0) is 15.6. The van der Waals surface area contributed by atoms with E-state index in [4.69, 9.17) is 11.6 Å². The van der Waals surface area contributed by atoms with Gasteiger partial charge in [-0.2, -0.15) is 9.40 Å². The molecule has 0 atom stereocenters. The van der Waals surface area contributed by atoms with Crippen molar-refractivity contribution in [1.29, 1.82) is 0 Å². The molecule has 2 rings (SSSR count). The highest BCUT2D eigenvalue weighted by atomic mass is 35.5. The van der Waals surface area contributed by atoms with Gasteiger partial charge in [0.1, 0.15) is 10.7 Å². The lowest BCUT2D eigenvalue weighted by Gasteiger charge is -2.17. The van der Waals surface area contributed by atoms with Gasteiger partial charge in [0.2, 0.25) is 10.0 Å². The first kappa shape index (κ1) is 15.9. The Balaban J connectivity index is 2.32. The fraction of sp³-hybridized carbons (Fsp3) is 0.308. The van der Waals surface area contributed by atoms with Crippen molar-refractivity contribution in [2.24, 2.45) is 7.05 Å². The second kappa shape index (κ2) is 6.13. The predicted molar refractivity (Wildman–Crippen MR) is 77.8 cm³/mol. The minimum Gasteiger partial charge on any atom is -0.275 e. The van der Waals surface area contributed by atoms with Crippen molar-refractivity contribution in [3.05, 3.63) is 47.5 Å². The lowest BCUT2D eigenvalue weighted by molar-refractivity contribution is 0.459. The Morgan fingerprint density at radius 3 is 2.67 bits per heavy atom. The lowest BCUT2D eigenvalue weighted by atomic mass is 10.2. The maximum Gasteiger partial charge on any atom is 0.246 e. The third-order valence-electron chi connectivity index (χ3n) is 3.00. The Kier molecular flexibility index (Phi) is 4.65. The smallest absolute Gasteiger partial charge is 0.246 e. The molecule has 0 saturated carbocycles. The van der Waals surface area contributed by atoms with Crippen molar-refractivity contribution >= 4 is 21.6 Å². The molecule has 0 unspecified atom stereocenters. The molecule has 0 radical (unpaired) electrons. The summed E-state index contributed by atoms with van der Waals surface area (Å²) in [5.74, 6) is -0.670. The zero-order valence-electron chi connectivity index (χ0n) is 11.6. The molecule has 0 aliphatic heterocycles. The van der Waals surface area contributed by atoms with Crippen molar-refractivity contribution in [2.45, 2.75) is 17.3 Å². The fourth-order valence-corrected chi connectivity index (χ4v) is 3.33. The van der Waals surface area contributed by atoms with E-state index in [1.165, 1.54) is 19.2 Å². The van der Waals surface area contributed by atoms with Gasteiger partial charge in [-0.15, -0.1) is 11.6 Å². The number of halogens is 2. The van der Waals surface area contributed by atoms with E-state index >= 15 is 0 Å². The summed E-state index contributed by atoms with van der Waals surface area (Å²) in [5, 5.41) is 3.97. The molecule has 21 heavy (non-hydrogen) atoms. The molecule has 114 valence electrons. The number of sulfonamides is 1. The van der Waals surface area contributed by atoms with Crippen LogP contribution in [0.2, 0.25) is 0 Å². The number of aryl methyl sites for hydroxylation is 1. The van der Waals surface area contributed by atoms with E-state index < -0.39 is 15.8 Å². The molecule has 1 aromatic carbocycles. The molecule has 8 heteroatoms. The SMILES string of the molecule is CN(Cc1cnn(C)c1)S(=O)(=O)c1cc(CCl)ccc1F. The molecule has 1 heterocycles. The van der Waals surface area contributed by atoms with Gasteiger partial charge >= 0.3 is 0 Å². The lowest BCUT2D eigenvalue weighted by Crippen LogP contribution is -2.27. The summed E-state index contributed by atoms with van der Waals surface area (Å²) in [6.45, 7) is 0.112. The monoisotopic (exact) mass is 331 g/mol. The third-order valence-corrected chi connectivity index (χ3v) is 5.13. The van der Waals surface area contributed by atoms with Gasteiger partial charge in [0, 0.05) is 38.3 Å². The van der Waals surface area contributed by atoms with Gasteiger partial charge < -0.3 is 0 Å². The topological polar surface area (TPSA) is 55.2 Å². The highest BCUT2D eigenvalue weighted by Crippen LogP contribution is 2.22. The van der Waals surface area contributed by atoms with Crippen LogP contribution in [0.25, 0.3) is 0 Å². The minimum absolute atomic E-state index is 0.112. The molecule has 1 aromatic heterocycles. The Morgan fingerprint density at radius 1 is 1.38 bits per heavy atom. The first-order valence-corrected chi connectivity index (χ1v) is 8.10. The summed E-state index contributed by atoms with van der Waals surface area (Å²) < 4.78 is 41.4. The highest BCUT2D eigenvalue weighted by molar-refractivity contribution is 7.89. The number of rotatable bonds is 5.